The van der Waals surface area contributed by atoms with Crippen LogP contribution in [-0.4, -0.2) is 38.7 Å². The normalized spacial score (nSPS) is 20.3. The summed E-state index contributed by atoms with van der Waals surface area (Å²) in [5, 5.41) is 3.56. The minimum absolute atomic E-state index is 0.797. The van der Waals surface area contributed by atoms with Crippen LogP contribution < -0.4 is 10.1 Å². The lowest BCUT2D eigenvalue weighted by atomic mass is 10.1. The summed E-state index contributed by atoms with van der Waals surface area (Å²) >= 11 is 0. The molecule has 1 aliphatic heterocycles. The molecule has 0 aliphatic carbocycles. The van der Waals surface area contributed by atoms with Crippen molar-refractivity contribution in [3.05, 3.63) is 29.3 Å². The van der Waals surface area contributed by atoms with Gasteiger partial charge in [-0.25, -0.2) is 0 Å². The number of methoxy groups -OCH3 is 1. The van der Waals surface area contributed by atoms with Crippen LogP contribution in [0.15, 0.2) is 18.2 Å². The van der Waals surface area contributed by atoms with E-state index >= 15 is 0 Å². The lowest BCUT2D eigenvalue weighted by Crippen LogP contribution is -2.24. The molecule has 1 aromatic carbocycles. The second-order valence-electron chi connectivity index (χ2n) is 5.36. The molecule has 3 heteroatoms. The SMILES string of the molecule is COc1ccc(C)cc1CNCC1CCN(C)C1. The summed E-state index contributed by atoms with van der Waals surface area (Å²) in [5.41, 5.74) is 2.54. The van der Waals surface area contributed by atoms with Crippen molar-refractivity contribution in [2.45, 2.75) is 19.9 Å². The highest BCUT2D eigenvalue weighted by Crippen LogP contribution is 2.20. The van der Waals surface area contributed by atoms with Gasteiger partial charge >= 0.3 is 0 Å². The molecule has 0 spiro atoms. The average molecular weight is 248 g/mol. The molecule has 0 bridgehead atoms. The first kappa shape index (κ1) is 13.4. The van der Waals surface area contributed by atoms with Crippen molar-refractivity contribution in [2.75, 3.05) is 33.8 Å². The second kappa shape index (κ2) is 6.21. The smallest absolute Gasteiger partial charge is 0.123 e. The van der Waals surface area contributed by atoms with Gasteiger partial charge in [0, 0.05) is 18.7 Å². The average Bonchev–Trinajstić information content (AvgIpc) is 2.75. The van der Waals surface area contributed by atoms with Gasteiger partial charge in [-0.1, -0.05) is 17.7 Å². The van der Waals surface area contributed by atoms with Gasteiger partial charge in [0.25, 0.3) is 0 Å². The highest BCUT2D eigenvalue weighted by atomic mass is 16.5. The number of hydrogen-bond acceptors (Lipinski definition) is 3. The fraction of sp³-hybridized carbons (Fsp3) is 0.600. The second-order valence-corrected chi connectivity index (χ2v) is 5.36. The van der Waals surface area contributed by atoms with Gasteiger partial charge < -0.3 is 15.0 Å². The Bertz CT molecular complexity index is 392. The van der Waals surface area contributed by atoms with Gasteiger partial charge in [-0.2, -0.15) is 0 Å². The Morgan fingerprint density at radius 2 is 2.28 bits per heavy atom. The first-order chi connectivity index (χ1) is 8.69. The van der Waals surface area contributed by atoms with E-state index in [2.05, 4.69) is 42.4 Å². The Morgan fingerprint density at radius 3 is 2.94 bits per heavy atom. The first-order valence-electron chi connectivity index (χ1n) is 6.72. The molecule has 100 valence electrons. The van der Waals surface area contributed by atoms with Gasteiger partial charge in [0.2, 0.25) is 0 Å². The summed E-state index contributed by atoms with van der Waals surface area (Å²) < 4.78 is 5.39. The zero-order valence-corrected chi connectivity index (χ0v) is 11.7. The standard InChI is InChI=1S/C15H24N2O/c1-12-4-5-15(18-3)14(8-12)10-16-9-13-6-7-17(2)11-13/h4-5,8,13,16H,6-7,9-11H2,1-3H3. The van der Waals surface area contributed by atoms with E-state index in [0.29, 0.717) is 0 Å². The van der Waals surface area contributed by atoms with Crippen LogP contribution in [0.5, 0.6) is 5.75 Å². The number of likely N-dealkylation sites (tertiary alicyclic amines) is 1. The largest absolute Gasteiger partial charge is 0.496 e. The van der Waals surface area contributed by atoms with Crippen molar-refractivity contribution in [3.8, 4) is 5.75 Å². The number of rotatable bonds is 5. The molecule has 1 fully saturated rings. The van der Waals surface area contributed by atoms with Gasteiger partial charge in [0.1, 0.15) is 5.75 Å². The molecule has 0 amide bonds. The van der Waals surface area contributed by atoms with Gasteiger partial charge in [-0.15, -0.1) is 0 Å². The minimum Gasteiger partial charge on any atom is -0.496 e. The van der Waals surface area contributed by atoms with Gasteiger partial charge in [-0.05, 0) is 45.5 Å². The predicted octanol–water partition coefficient (Wildman–Crippen LogP) is 2.04. The van der Waals surface area contributed by atoms with Crippen molar-refractivity contribution in [1.82, 2.24) is 10.2 Å². The molecule has 3 nitrogen and oxygen atoms in total. The predicted molar refractivity (Wildman–Crippen MR) is 75.0 cm³/mol. The monoisotopic (exact) mass is 248 g/mol. The van der Waals surface area contributed by atoms with Crippen LogP contribution in [0.2, 0.25) is 0 Å². The maximum atomic E-state index is 5.39. The molecule has 1 aromatic rings. The summed E-state index contributed by atoms with van der Waals surface area (Å²) in [4.78, 5) is 2.40. The molecule has 1 heterocycles. The number of nitrogens with zero attached hydrogens (tertiary/aromatic N) is 1. The summed E-state index contributed by atoms with van der Waals surface area (Å²) in [6.07, 6.45) is 1.31. The number of nitrogens with one attached hydrogen (secondary N) is 1. The highest BCUT2D eigenvalue weighted by molar-refractivity contribution is 5.36. The third-order valence-corrected chi connectivity index (χ3v) is 3.67. The highest BCUT2D eigenvalue weighted by Gasteiger charge is 2.18. The van der Waals surface area contributed by atoms with E-state index in [9.17, 15) is 0 Å². The third kappa shape index (κ3) is 3.47. The molecule has 1 saturated heterocycles. The van der Waals surface area contributed by atoms with Gasteiger partial charge in [0.05, 0.1) is 7.11 Å². The molecule has 0 saturated carbocycles. The van der Waals surface area contributed by atoms with E-state index in [1.54, 1.807) is 7.11 Å². The van der Waals surface area contributed by atoms with Crippen LogP contribution in [0.4, 0.5) is 0 Å². The molecular weight excluding hydrogens is 224 g/mol. The summed E-state index contributed by atoms with van der Waals surface area (Å²) in [5.74, 6) is 1.78. The Hall–Kier alpha value is -1.06. The van der Waals surface area contributed by atoms with E-state index in [1.165, 1.54) is 30.6 Å². The Labute approximate surface area is 110 Å². The molecule has 0 radical (unpaired) electrons. The molecule has 0 aromatic heterocycles. The van der Waals surface area contributed by atoms with Gasteiger partial charge in [-0.3, -0.25) is 0 Å². The van der Waals surface area contributed by atoms with E-state index in [1.807, 2.05) is 0 Å². The van der Waals surface area contributed by atoms with Gasteiger partial charge in [0.15, 0.2) is 0 Å². The molecule has 2 rings (SSSR count). The first-order valence-corrected chi connectivity index (χ1v) is 6.72. The number of ether oxygens (including phenoxy) is 1. The fourth-order valence-corrected chi connectivity index (χ4v) is 2.65. The van der Waals surface area contributed by atoms with Crippen LogP contribution in [0.25, 0.3) is 0 Å². The van der Waals surface area contributed by atoms with Crippen molar-refractivity contribution < 1.29 is 4.74 Å². The Morgan fingerprint density at radius 1 is 1.44 bits per heavy atom. The van der Waals surface area contributed by atoms with Crippen molar-refractivity contribution in [3.63, 3.8) is 0 Å². The Balaban J connectivity index is 1.84. The number of benzene rings is 1. The van der Waals surface area contributed by atoms with Crippen molar-refractivity contribution in [2.24, 2.45) is 5.92 Å². The minimum atomic E-state index is 0.797. The van der Waals surface area contributed by atoms with E-state index in [4.69, 9.17) is 4.74 Å². The molecule has 18 heavy (non-hydrogen) atoms. The van der Waals surface area contributed by atoms with E-state index in [0.717, 1.165) is 24.8 Å². The molecular formula is C15H24N2O. The summed E-state index contributed by atoms with van der Waals surface area (Å²) in [7, 11) is 3.93. The summed E-state index contributed by atoms with van der Waals surface area (Å²) in [6.45, 7) is 6.57. The van der Waals surface area contributed by atoms with Crippen LogP contribution in [0, 0.1) is 12.8 Å². The maximum Gasteiger partial charge on any atom is 0.123 e. The van der Waals surface area contributed by atoms with Crippen LogP contribution in [-0.2, 0) is 6.54 Å². The zero-order chi connectivity index (χ0) is 13.0. The molecule has 1 atom stereocenters. The molecule has 1 N–H and O–H groups in total. The lowest BCUT2D eigenvalue weighted by Gasteiger charge is -2.14. The zero-order valence-electron chi connectivity index (χ0n) is 11.7. The van der Waals surface area contributed by atoms with Crippen LogP contribution >= 0.6 is 0 Å². The molecule has 1 unspecified atom stereocenters. The lowest BCUT2D eigenvalue weighted by molar-refractivity contribution is 0.385. The topological polar surface area (TPSA) is 24.5 Å². The third-order valence-electron chi connectivity index (χ3n) is 3.67. The maximum absolute atomic E-state index is 5.39. The fourth-order valence-electron chi connectivity index (χ4n) is 2.65. The molecule has 1 aliphatic rings. The number of aryl methyl sites for hydroxylation is 1. The quantitative estimate of drug-likeness (QED) is 0.863. The van der Waals surface area contributed by atoms with E-state index < -0.39 is 0 Å². The van der Waals surface area contributed by atoms with Crippen LogP contribution in [0.1, 0.15) is 17.5 Å². The summed E-state index contributed by atoms with van der Waals surface area (Å²) in [6, 6.07) is 6.34. The van der Waals surface area contributed by atoms with Crippen LogP contribution in [0.3, 0.4) is 0 Å². The number of hydrogen-bond donors (Lipinski definition) is 1. The Kier molecular flexibility index (Phi) is 4.61. The van der Waals surface area contributed by atoms with Crippen molar-refractivity contribution in [1.29, 1.82) is 0 Å². The van der Waals surface area contributed by atoms with E-state index in [-0.39, 0.29) is 0 Å². The van der Waals surface area contributed by atoms with Crippen molar-refractivity contribution >= 4 is 0 Å².